The fourth-order valence-corrected chi connectivity index (χ4v) is 1.67. The first-order valence-corrected chi connectivity index (χ1v) is 4.91. The average molecular weight is 303 g/mol. The fraction of sp³-hybridized carbons (Fsp3) is 0.125. The van der Waals surface area contributed by atoms with Gasteiger partial charge >= 0.3 is 5.97 Å². The van der Waals surface area contributed by atoms with Crippen LogP contribution < -0.4 is 0 Å². The van der Waals surface area contributed by atoms with E-state index in [1.54, 1.807) is 17.6 Å². The van der Waals surface area contributed by atoms with Crippen molar-refractivity contribution in [2.24, 2.45) is 0 Å². The Balaban J connectivity index is 2.82. The molecule has 2 aromatic rings. The second-order valence-corrected chi connectivity index (χ2v) is 3.98. The third-order valence-electron chi connectivity index (χ3n) is 1.83. The number of rotatable bonds is 1. The zero-order chi connectivity index (χ0) is 10.3. The predicted octanol–water partition coefficient (Wildman–Crippen LogP) is 1.34. The number of carboxylic acid groups (broad SMARTS) is 1. The molecular formula is C8H6IN3O2. The van der Waals surface area contributed by atoms with Crippen LogP contribution in [0.25, 0.3) is 5.65 Å². The van der Waals surface area contributed by atoms with Gasteiger partial charge in [-0.3, -0.25) is 0 Å². The van der Waals surface area contributed by atoms with Crippen LogP contribution >= 0.6 is 22.6 Å². The summed E-state index contributed by atoms with van der Waals surface area (Å²) in [6.45, 7) is 1.80. The van der Waals surface area contributed by atoms with E-state index in [4.69, 9.17) is 5.11 Å². The molecule has 6 heteroatoms. The molecule has 2 heterocycles. The summed E-state index contributed by atoms with van der Waals surface area (Å²) in [6, 6.07) is 1.50. The van der Waals surface area contributed by atoms with E-state index in [1.165, 1.54) is 6.07 Å². The van der Waals surface area contributed by atoms with Crippen LogP contribution in [0, 0.1) is 10.5 Å². The highest BCUT2D eigenvalue weighted by Crippen LogP contribution is 2.13. The molecule has 0 unspecified atom stereocenters. The molecule has 0 bridgehead atoms. The van der Waals surface area contributed by atoms with E-state index in [9.17, 15) is 4.79 Å². The lowest BCUT2D eigenvalue weighted by molar-refractivity contribution is 0.0690. The Morgan fingerprint density at radius 1 is 1.64 bits per heavy atom. The summed E-state index contributed by atoms with van der Waals surface area (Å²) < 4.78 is 2.46. The lowest BCUT2D eigenvalue weighted by Crippen LogP contribution is -2.05. The van der Waals surface area contributed by atoms with Crippen LogP contribution in [0.2, 0.25) is 0 Å². The SMILES string of the molecule is Cc1cc(C(=O)O)nc2c(I)cnn12. The Labute approximate surface area is 92.9 Å². The Kier molecular flexibility index (Phi) is 2.14. The van der Waals surface area contributed by atoms with E-state index < -0.39 is 5.97 Å². The van der Waals surface area contributed by atoms with Gasteiger partial charge in [0.15, 0.2) is 11.3 Å². The minimum Gasteiger partial charge on any atom is -0.477 e. The summed E-state index contributed by atoms with van der Waals surface area (Å²) >= 11 is 2.07. The van der Waals surface area contributed by atoms with Gasteiger partial charge in [0.2, 0.25) is 0 Å². The van der Waals surface area contributed by atoms with Gasteiger partial charge in [-0.2, -0.15) is 5.10 Å². The van der Waals surface area contributed by atoms with Gasteiger partial charge in [0.1, 0.15) is 0 Å². The maximum Gasteiger partial charge on any atom is 0.354 e. The lowest BCUT2D eigenvalue weighted by atomic mass is 10.3. The van der Waals surface area contributed by atoms with Gasteiger partial charge in [-0.1, -0.05) is 0 Å². The van der Waals surface area contributed by atoms with Gasteiger partial charge in [0.25, 0.3) is 0 Å². The van der Waals surface area contributed by atoms with Crippen molar-refractivity contribution < 1.29 is 9.90 Å². The molecule has 0 aliphatic heterocycles. The van der Waals surface area contributed by atoms with Crippen molar-refractivity contribution in [3.63, 3.8) is 0 Å². The third-order valence-corrected chi connectivity index (χ3v) is 2.59. The van der Waals surface area contributed by atoms with Crippen molar-refractivity contribution >= 4 is 34.2 Å². The van der Waals surface area contributed by atoms with Crippen molar-refractivity contribution in [2.75, 3.05) is 0 Å². The van der Waals surface area contributed by atoms with E-state index in [-0.39, 0.29) is 5.69 Å². The molecule has 1 N–H and O–H groups in total. The molecule has 0 saturated heterocycles. The molecule has 0 amide bonds. The molecule has 2 rings (SSSR count). The van der Waals surface area contributed by atoms with E-state index in [1.807, 2.05) is 0 Å². The van der Waals surface area contributed by atoms with Crippen molar-refractivity contribution in [2.45, 2.75) is 6.92 Å². The maximum absolute atomic E-state index is 10.7. The normalized spacial score (nSPS) is 10.7. The number of aromatic carboxylic acids is 1. The number of hydrogen-bond acceptors (Lipinski definition) is 3. The number of aromatic nitrogens is 3. The van der Waals surface area contributed by atoms with Crippen LogP contribution in [0.1, 0.15) is 16.2 Å². The Hall–Kier alpha value is -1.18. The number of hydrogen-bond donors (Lipinski definition) is 1. The minimum atomic E-state index is -1.02. The summed E-state index contributed by atoms with van der Waals surface area (Å²) in [5.74, 6) is -1.02. The first kappa shape index (κ1) is 9.38. The first-order valence-electron chi connectivity index (χ1n) is 3.84. The number of carboxylic acids is 1. The smallest absolute Gasteiger partial charge is 0.354 e. The molecule has 5 nitrogen and oxygen atoms in total. The van der Waals surface area contributed by atoms with Crippen molar-refractivity contribution in [3.05, 3.63) is 27.2 Å². The van der Waals surface area contributed by atoms with Gasteiger partial charge in [0, 0.05) is 5.69 Å². The van der Waals surface area contributed by atoms with Gasteiger partial charge in [-0.15, -0.1) is 0 Å². The van der Waals surface area contributed by atoms with Crippen molar-refractivity contribution in [1.82, 2.24) is 14.6 Å². The van der Waals surface area contributed by atoms with Crippen LogP contribution in [-0.4, -0.2) is 25.7 Å². The van der Waals surface area contributed by atoms with Gasteiger partial charge in [-0.25, -0.2) is 14.3 Å². The number of aryl methyl sites for hydroxylation is 1. The summed E-state index contributed by atoms with van der Waals surface area (Å²) in [7, 11) is 0. The maximum atomic E-state index is 10.7. The summed E-state index contributed by atoms with van der Waals surface area (Å²) in [4.78, 5) is 14.7. The topological polar surface area (TPSA) is 67.5 Å². The number of carbonyl (C=O) groups is 1. The standard InChI is InChI=1S/C8H6IN3O2/c1-4-2-6(8(13)14)11-7-5(9)3-10-12(4)7/h2-3H,1H3,(H,13,14). The largest absolute Gasteiger partial charge is 0.477 e. The molecule has 72 valence electrons. The number of fused-ring (bicyclic) bond motifs is 1. The Bertz CT molecular complexity index is 521. The molecule has 0 aliphatic carbocycles. The second kappa shape index (κ2) is 3.19. The molecule has 0 atom stereocenters. The van der Waals surface area contributed by atoms with E-state index in [2.05, 4.69) is 32.7 Å². The van der Waals surface area contributed by atoms with E-state index in [0.717, 1.165) is 9.26 Å². The fourth-order valence-electron chi connectivity index (χ4n) is 1.20. The molecule has 0 saturated carbocycles. The van der Waals surface area contributed by atoms with E-state index >= 15 is 0 Å². The highest BCUT2D eigenvalue weighted by molar-refractivity contribution is 14.1. The molecule has 0 fully saturated rings. The van der Waals surface area contributed by atoms with Crippen molar-refractivity contribution in [3.8, 4) is 0 Å². The zero-order valence-electron chi connectivity index (χ0n) is 7.23. The molecule has 0 spiro atoms. The molecular weight excluding hydrogens is 297 g/mol. The molecule has 2 aromatic heterocycles. The monoisotopic (exact) mass is 303 g/mol. The Morgan fingerprint density at radius 3 is 3.00 bits per heavy atom. The molecule has 0 aromatic carbocycles. The van der Waals surface area contributed by atoms with Gasteiger partial charge in [0.05, 0.1) is 9.77 Å². The highest BCUT2D eigenvalue weighted by atomic mass is 127. The average Bonchev–Trinajstić information content (AvgIpc) is 2.48. The highest BCUT2D eigenvalue weighted by Gasteiger charge is 2.11. The molecule has 14 heavy (non-hydrogen) atoms. The van der Waals surface area contributed by atoms with Crippen LogP contribution in [-0.2, 0) is 0 Å². The molecule has 0 aliphatic rings. The summed E-state index contributed by atoms with van der Waals surface area (Å²) in [5, 5.41) is 12.9. The van der Waals surface area contributed by atoms with Crippen molar-refractivity contribution in [1.29, 1.82) is 0 Å². The molecule has 0 radical (unpaired) electrons. The lowest BCUT2D eigenvalue weighted by Gasteiger charge is -2.00. The van der Waals surface area contributed by atoms with Crippen LogP contribution in [0.3, 0.4) is 0 Å². The number of halogens is 1. The minimum absolute atomic E-state index is 0.0495. The first-order chi connectivity index (χ1) is 6.59. The predicted molar refractivity (Wildman–Crippen MR) is 57.4 cm³/mol. The summed E-state index contributed by atoms with van der Waals surface area (Å²) in [6.07, 6.45) is 1.65. The zero-order valence-corrected chi connectivity index (χ0v) is 9.39. The second-order valence-electron chi connectivity index (χ2n) is 2.82. The van der Waals surface area contributed by atoms with Gasteiger partial charge < -0.3 is 5.11 Å². The van der Waals surface area contributed by atoms with E-state index in [0.29, 0.717) is 5.65 Å². The van der Waals surface area contributed by atoms with Crippen LogP contribution in [0.4, 0.5) is 0 Å². The third kappa shape index (κ3) is 1.35. The number of nitrogens with zero attached hydrogens (tertiary/aromatic N) is 3. The van der Waals surface area contributed by atoms with Crippen LogP contribution in [0.15, 0.2) is 12.3 Å². The van der Waals surface area contributed by atoms with Gasteiger partial charge in [-0.05, 0) is 35.6 Å². The quantitative estimate of drug-likeness (QED) is 0.807. The summed E-state index contributed by atoms with van der Waals surface area (Å²) in [5.41, 5.74) is 1.40. The Morgan fingerprint density at radius 2 is 2.36 bits per heavy atom. The van der Waals surface area contributed by atoms with Crippen LogP contribution in [0.5, 0.6) is 0 Å².